The first kappa shape index (κ1) is 15.8. The Morgan fingerprint density at radius 2 is 2.14 bits per heavy atom. The molecule has 0 unspecified atom stereocenters. The number of nitrogens with zero attached hydrogens (tertiary/aromatic N) is 1. The lowest BCUT2D eigenvalue weighted by atomic mass is 10.2. The highest BCUT2D eigenvalue weighted by atomic mass is 32.1. The fourth-order valence-electron chi connectivity index (χ4n) is 1.86. The van der Waals surface area contributed by atoms with Crippen molar-refractivity contribution in [3.63, 3.8) is 0 Å². The lowest BCUT2D eigenvalue weighted by Crippen LogP contribution is -2.14. The number of aryl methyl sites for hydroxylation is 1. The molecule has 1 amide bonds. The van der Waals surface area contributed by atoms with E-state index in [2.05, 4.69) is 5.32 Å². The predicted molar refractivity (Wildman–Crippen MR) is 88.9 cm³/mol. The number of benzene rings is 1. The Balaban J connectivity index is 2.20. The molecule has 0 fully saturated rings. The molecule has 1 heterocycles. The van der Waals surface area contributed by atoms with Crippen molar-refractivity contribution in [1.29, 1.82) is 5.26 Å². The van der Waals surface area contributed by atoms with Crippen molar-refractivity contribution in [3.05, 3.63) is 51.7 Å². The Bertz CT molecular complexity index is 741. The van der Waals surface area contributed by atoms with E-state index >= 15 is 0 Å². The molecule has 4 nitrogen and oxygen atoms in total. The molecule has 1 aromatic carbocycles. The van der Waals surface area contributed by atoms with Gasteiger partial charge in [0, 0.05) is 9.75 Å². The minimum Gasteiger partial charge on any atom is -0.492 e. The van der Waals surface area contributed by atoms with Crippen molar-refractivity contribution >= 4 is 29.0 Å². The molecular formula is C17H16N2O2S. The largest absolute Gasteiger partial charge is 0.492 e. The smallest absolute Gasteiger partial charge is 0.266 e. The van der Waals surface area contributed by atoms with Crippen LogP contribution in [0.3, 0.4) is 0 Å². The van der Waals surface area contributed by atoms with Crippen LogP contribution in [-0.4, -0.2) is 12.5 Å². The molecule has 0 aliphatic heterocycles. The molecule has 0 saturated heterocycles. The first-order chi connectivity index (χ1) is 10.6. The molecule has 2 rings (SSSR count). The first-order valence-electron chi connectivity index (χ1n) is 6.85. The number of rotatable bonds is 5. The zero-order valence-electron chi connectivity index (χ0n) is 12.4. The highest BCUT2D eigenvalue weighted by Gasteiger charge is 2.12. The van der Waals surface area contributed by atoms with Crippen molar-refractivity contribution in [2.24, 2.45) is 0 Å². The van der Waals surface area contributed by atoms with Crippen LogP contribution in [0.2, 0.25) is 0 Å². The van der Waals surface area contributed by atoms with Gasteiger partial charge in [0.15, 0.2) is 0 Å². The Labute approximate surface area is 133 Å². The van der Waals surface area contributed by atoms with Gasteiger partial charge in [-0.25, -0.2) is 0 Å². The SMILES string of the molecule is CCOc1ccccc1NC(=O)/C(C#N)=C/c1ccc(C)s1. The molecule has 0 radical (unpaired) electrons. The second-order valence-electron chi connectivity index (χ2n) is 4.50. The molecule has 1 N–H and O–H groups in total. The van der Waals surface area contributed by atoms with Crippen LogP contribution in [0, 0.1) is 18.3 Å². The third kappa shape index (κ3) is 3.96. The summed E-state index contributed by atoms with van der Waals surface area (Å²) in [6.07, 6.45) is 1.59. The molecular weight excluding hydrogens is 296 g/mol. The van der Waals surface area contributed by atoms with Gasteiger partial charge in [0.1, 0.15) is 17.4 Å². The number of hydrogen-bond acceptors (Lipinski definition) is 4. The Morgan fingerprint density at radius 1 is 1.36 bits per heavy atom. The molecule has 0 spiro atoms. The highest BCUT2D eigenvalue weighted by molar-refractivity contribution is 7.12. The number of carbonyl (C=O) groups excluding carboxylic acids is 1. The number of amides is 1. The van der Waals surface area contributed by atoms with Crippen LogP contribution in [0.15, 0.2) is 42.0 Å². The van der Waals surface area contributed by atoms with Gasteiger partial charge in [-0.15, -0.1) is 11.3 Å². The fraction of sp³-hybridized carbons (Fsp3) is 0.176. The second-order valence-corrected chi connectivity index (χ2v) is 5.82. The van der Waals surface area contributed by atoms with E-state index in [4.69, 9.17) is 4.74 Å². The molecule has 0 aliphatic carbocycles. The molecule has 0 saturated carbocycles. The van der Waals surface area contributed by atoms with Gasteiger partial charge in [-0.05, 0) is 44.2 Å². The topological polar surface area (TPSA) is 62.1 Å². The summed E-state index contributed by atoms with van der Waals surface area (Å²) in [7, 11) is 0. The minimum atomic E-state index is -0.444. The van der Waals surface area contributed by atoms with E-state index in [0.717, 1.165) is 9.75 Å². The van der Waals surface area contributed by atoms with Gasteiger partial charge >= 0.3 is 0 Å². The van der Waals surface area contributed by atoms with Crippen molar-refractivity contribution in [2.45, 2.75) is 13.8 Å². The van der Waals surface area contributed by atoms with Crippen molar-refractivity contribution in [2.75, 3.05) is 11.9 Å². The van der Waals surface area contributed by atoms with Crippen LogP contribution in [0.4, 0.5) is 5.69 Å². The van der Waals surface area contributed by atoms with Gasteiger partial charge in [0.05, 0.1) is 12.3 Å². The molecule has 1 aromatic heterocycles. The number of nitrogens with one attached hydrogen (secondary N) is 1. The van der Waals surface area contributed by atoms with Gasteiger partial charge in [-0.2, -0.15) is 5.26 Å². The van der Waals surface area contributed by atoms with Crippen molar-refractivity contribution in [1.82, 2.24) is 0 Å². The minimum absolute atomic E-state index is 0.0631. The van der Waals surface area contributed by atoms with E-state index in [1.807, 2.05) is 38.1 Å². The van der Waals surface area contributed by atoms with Gasteiger partial charge in [0.2, 0.25) is 0 Å². The summed E-state index contributed by atoms with van der Waals surface area (Å²) in [5.74, 6) is 0.142. The lowest BCUT2D eigenvalue weighted by molar-refractivity contribution is -0.112. The lowest BCUT2D eigenvalue weighted by Gasteiger charge is -2.10. The van der Waals surface area contributed by atoms with Gasteiger partial charge in [0.25, 0.3) is 5.91 Å². The number of para-hydroxylation sites is 2. The van der Waals surface area contributed by atoms with Crippen LogP contribution >= 0.6 is 11.3 Å². The summed E-state index contributed by atoms with van der Waals surface area (Å²) < 4.78 is 5.46. The highest BCUT2D eigenvalue weighted by Crippen LogP contribution is 2.25. The van der Waals surface area contributed by atoms with E-state index in [9.17, 15) is 10.1 Å². The quantitative estimate of drug-likeness (QED) is 0.670. The summed E-state index contributed by atoms with van der Waals surface area (Å²) in [5.41, 5.74) is 0.617. The molecule has 0 bridgehead atoms. The zero-order chi connectivity index (χ0) is 15.9. The zero-order valence-corrected chi connectivity index (χ0v) is 13.2. The number of carbonyl (C=O) groups is 1. The molecule has 22 heavy (non-hydrogen) atoms. The van der Waals surface area contributed by atoms with Crippen LogP contribution < -0.4 is 10.1 Å². The van der Waals surface area contributed by atoms with E-state index in [1.165, 1.54) is 11.3 Å². The van der Waals surface area contributed by atoms with Crippen molar-refractivity contribution < 1.29 is 9.53 Å². The maximum atomic E-state index is 12.3. The number of ether oxygens (including phenoxy) is 1. The van der Waals surface area contributed by atoms with E-state index in [0.29, 0.717) is 18.0 Å². The maximum absolute atomic E-state index is 12.3. The Kier molecular flexibility index (Phi) is 5.34. The van der Waals surface area contributed by atoms with Gasteiger partial charge in [-0.3, -0.25) is 4.79 Å². The normalized spacial score (nSPS) is 10.9. The summed E-state index contributed by atoms with van der Waals surface area (Å²) in [5, 5.41) is 11.9. The van der Waals surface area contributed by atoms with E-state index in [-0.39, 0.29) is 5.57 Å². The number of hydrogen-bond donors (Lipinski definition) is 1. The Morgan fingerprint density at radius 3 is 2.77 bits per heavy atom. The second kappa shape index (κ2) is 7.43. The van der Waals surface area contributed by atoms with Crippen LogP contribution in [0.5, 0.6) is 5.75 Å². The fourth-order valence-corrected chi connectivity index (χ4v) is 2.68. The van der Waals surface area contributed by atoms with Gasteiger partial charge < -0.3 is 10.1 Å². The average molecular weight is 312 g/mol. The summed E-state index contributed by atoms with van der Waals surface area (Å²) in [4.78, 5) is 14.3. The van der Waals surface area contributed by atoms with E-state index < -0.39 is 5.91 Å². The monoisotopic (exact) mass is 312 g/mol. The predicted octanol–water partition coefficient (Wildman–Crippen LogP) is 4.00. The molecule has 112 valence electrons. The molecule has 0 atom stereocenters. The van der Waals surface area contributed by atoms with Crippen LogP contribution in [-0.2, 0) is 4.79 Å². The summed E-state index contributed by atoms with van der Waals surface area (Å²) in [6.45, 7) is 4.35. The molecule has 2 aromatic rings. The third-order valence-electron chi connectivity index (χ3n) is 2.85. The standard InChI is InChI=1S/C17H16N2O2S/c1-3-21-16-7-5-4-6-15(16)19-17(20)13(11-18)10-14-9-8-12(2)22-14/h4-10H,3H2,1-2H3,(H,19,20)/b13-10+. The van der Waals surface area contributed by atoms with Crippen LogP contribution in [0.1, 0.15) is 16.7 Å². The van der Waals surface area contributed by atoms with Gasteiger partial charge in [-0.1, -0.05) is 12.1 Å². The molecule has 5 heteroatoms. The summed E-state index contributed by atoms with van der Waals surface area (Å²) >= 11 is 1.53. The summed E-state index contributed by atoms with van der Waals surface area (Å²) in [6, 6.07) is 12.9. The average Bonchev–Trinajstić information content (AvgIpc) is 2.92. The maximum Gasteiger partial charge on any atom is 0.266 e. The Hall–Kier alpha value is -2.58. The van der Waals surface area contributed by atoms with E-state index in [1.54, 1.807) is 24.3 Å². The number of nitriles is 1. The van der Waals surface area contributed by atoms with Crippen LogP contribution in [0.25, 0.3) is 6.08 Å². The molecule has 0 aliphatic rings. The van der Waals surface area contributed by atoms with Crippen molar-refractivity contribution in [3.8, 4) is 11.8 Å². The first-order valence-corrected chi connectivity index (χ1v) is 7.67. The number of anilines is 1. The third-order valence-corrected chi connectivity index (χ3v) is 3.80. The number of thiophene rings is 1.